The zero-order valence-corrected chi connectivity index (χ0v) is 35.4. The van der Waals surface area contributed by atoms with Crippen molar-refractivity contribution in [1.82, 2.24) is 20.1 Å². The number of hydrogen-bond acceptors (Lipinski definition) is 11. The summed E-state index contributed by atoms with van der Waals surface area (Å²) < 4.78 is 10.8. The van der Waals surface area contributed by atoms with Gasteiger partial charge in [-0.1, -0.05) is 60.1 Å². The van der Waals surface area contributed by atoms with E-state index < -0.39 is 35.9 Å². The van der Waals surface area contributed by atoms with Crippen molar-refractivity contribution < 1.29 is 33.4 Å². The van der Waals surface area contributed by atoms with Crippen LogP contribution < -0.4 is 11.1 Å². The second kappa shape index (κ2) is 21.5. The number of ether oxygens (including phenoxy) is 2. The Morgan fingerprint density at radius 1 is 1.07 bits per heavy atom. The van der Waals surface area contributed by atoms with Crippen molar-refractivity contribution in [3.63, 3.8) is 0 Å². The van der Waals surface area contributed by atoms with Crippen molar-refractivity contribution in [3.05, 3.63) is 45.9 Å². The molecule has 2 aromatic rings. The second-order valence-electron chi connectivity index (χ2n) is 15.9. The summed E-state index contributed by atoms with van der Waals surface area (Å²) >= 11 is 1.21. The van der Waals surface area contributed by atoms with Crippen LogP contribution in [0.3, 0.4) is 0 Å². The molecule has 3 N–H and O–H groups in total. The number of methoxy groups -OCH3 is 1. The van der Waals surface area contributed by atoms with E-state index in [0.717, 1.165) is 31.4 Å². The predicted molar refractivity (Wildman–Crippen MR) is 216 cm³/mol. The summed E-state index contributed by atoms with van der Waals surface area (Å²) in [6.07, 6.45) is 3.06. The summed E-state index contributed by atoms with van der Waals surface area (Å²) in [7, 11) is 3.33. The first kappa shape index (κ1) is 45.5. The molecule has 1 saturated heterocycles. The molecule has 0 spiro atoms. The molecule has 0 radical (unpaired) electrons. The zero-order valence-electron chi connectivity index (χ0n) is 34.6. The number of carbonyl (C=O) groups excluding carboxylic acids is 5. The minimum atomic E-state index is -0.815. The molecule has 1 aromatic carbocycles. The fourth-order valence-electron chi connectivity index (χ4n) is 7.61. The minimum absolute atomic E-state index is 0.00612. The molecule has 0 unspecified atom stereocenters. The van der Waals surface area contributed by atoms with Crippen LogP contribution in [0.25, 0.3) is 0 Å². The van der Waals surface area contributed by atoms with Gasteiger partial charge in [-0.3, -0.25) is 28.9 Å². The van der Waals surface area contributed by atoms with E-state index in [1.165, 1.54) is 25.4 Å². The van der Waals surface area contributed by atoms with E-state index in [9.17, 15) is 24.0 Å². The molecule has 1 aliphatic heterocycles. The van der Waals surface area contributed by atoms with Gasteiger partial charge in [0.25, 0.3) is 5.91 Å². The SMILES string of the molecule is CC[C@H](C)[C@H](CC(=O)[C@H]1C[C@H](C)CCN1C)C(=O)N(CC)[C@H](C[C@@H](OC(C)=O)c1nc(C(=O)N[C@@H](Cc2ccc(N)cc2)C[C@H](C)C(=O)OC)cs1)C(C)C. The van der Waals surface area contributed by atoms with Crippen molar-refractivity contribution in [1.29, 1.82) is 0 Å². The first-order chi connectivity index (χ1) is 26.0. The van der Waals surface area contributed by atoms with Gasteiger partial charge >= 0.3 is 11.9 Å². The highest BCUT2D eigenvalue weighted by Gasteiger charge is 2.39. The minimum Gasteiger partial charge on any atom is -0.469 e. The maximum atomic E-state index is 14.6. The van der Waals surface area contributed by atoms with Gasteiger partial charge in [0.1, 0.15) is 10.7 Å². The molecular formula is C42H65N5O7S. The summed E-state index contributed by atoms with van der Waals surface area (Å²) in [5.41, 5.74) is 7.60. The summed E-state index contributed by atoms with van der Waals surface area (Å²) in [6, 6.07) is 6.41. The van der Waals surface area contributed by atoms with Crippen LogP contribution >= 0.6 is 11.3 Å². The normalized spacial score (nSPS) is 19.4. The zero-order chi connectivity index (χ0) is 41.0. The molecular weight excluding hydrogens is 719 g/mol. The Balaban J connectivity index is 1.86. The summed E-state index contributed by atoms with van der Waals surface area (Å²) in [5, 5.41) is 5.12. The molecule has 0 saturated carbocycles. The van der Waals surface area contributed by atoms with E-state index in [-0.39, 0.29) is 60.1 Å². The Labute approximate surface area is 332 Å². The fourth-order valence-corrected chi connectivity index (χ4v) is 8.44. The maximum Gasteiger partial charge on any atom is 0.308 e. The van der Waals surface area contributed by atoms with Crippen LogP contribution in [0.15, 0.2) is 29.6 Å². The smallest absolute Gasteiger partial charge is 0.308 e. The molecule has 0 bridgehead atoms. The molecule has 8 atom stereocenters. The topological polar surface area (TPSA) is 161 Å². The Morgan fingerprint density at radius 3 is 2.33 bits per heavy atom. The highest BCUT2D eigenvalue weighted by molar-refractivity contribution is 7.09. The maximum absolute atomic E-state index is 14.6. The van der Waals surface area contributed by atoms with Crippen molar-refractivity contribution >= 4 is 46.6 Å². The molecule has 55 heavy (non-hydrogen) atoms. The number of thiazole rings is 1. The van der Waals surface area contributed by atoms with Gasteiger partial charge in [0.15, 0.2) is 11.9 Å². The van der Waals surface area contributed by atoms with Gasteiger partial charge in [0.05, 0.1) is 19.1 Å². The Kier molecular flexibility index (Phi) is 17.8. The van der Waals surface area contributed by atoms with Gasteiger partial charge in [0.2, 0.25) is 5.91 Å². The number of piperidine rings is 1. The Bertz CT molecular complexity index is 1580. The van der Waals surface area contributed by atoms with E-state index in [4.69, 9.17) is 15.2 Å². The van der Waals surface area contributed by atoms with Crippen LogP contribution in [0, 0.1) is 29.6 Å². The number of aromatic nitrogens is 1. The standard InChI is InChI=1S/C42H65N5O7S/c1-11-27(6)33(22-37(49)36-19-26(5)17-18-46(36)9)41(51)47(12-2)35(25(3)4)23-38(54-29(8)48)40-45-34(24-55-40)39(50)44-32(20-28(7)42(52)53-10)21-30-13-15-31(43)16-14-30/h13-16,24-28,32-33,35-36,38H,11-12,17-23,43H2,1-10H3,(H,44,50)/t26-,27+,28+,32-,33+,35-,36-,38-/m1/s1. The summed E-state index contributed by atoms with van der Waals surface area (Å²) in [6.45, 7) is 16.7. The Morgan fingerprint density at radius 2 is 1.75 bits per heavy atom. The number of rotatable bonds is 20. The van der Waals surface area contributed by atoms with Crippen molar-refractivity contribution in [2.24, 2.45) is 29.6 Å². The van der Waals surface area contributed by atoms with Crippen LogP contribution in [-0.2, 0) is 35.1 Å². The lowest BCUT2D eigenvalue weighted by atomic mass is 9.81. The average molecular weight is 784 g/mol. The van der Waals surface area contributed by atoms with Crippen LogP contribution in [0.1, 0.15) is 121 Å². The molecule has 1 aliphatic rings. The number of ketones is 1. The monoisotopic (exact) mass is 783 g/mol. The molecule has 2 heterocycles. The molecule has 1 aromatic heterocycles. The number of carbonyl (C=O) groups is 5. The molecule has 13 heteroatoms. The van der Waals surface area contributed by atoms with Gasteiger partial charge in [-0.15, -0.1) is 11.3 Å². The van der Waals surface area contributed by atoms with Crippen molar-refractivity contribution in [2.45, 2.75) is 125 Å². The molecule has 12 nitrogen and oxygen atoms in total. The van der Waals surface area contributed by atoms with Crippen LogP contribution in [-0.4, -0.2) is 89.7 Å². The quantitative estimate of drug-likeness (QED) is 0.112. The largest absolute Gasteiger partial charge is 0.469 e. The van der Waals surface area contributed by atoms with E-state index in [2.05, 4.69) is 22.1 Å². The van der Waals surface area contributed by atoms with E-state index in [1.54, 1.807) is 24.4 Å². The van der Waals surface area contributed by atoms with E-state index in [1.807, 2.05) is 58.7 Å². The second-order valence-corrected chi connectivity index (χ2v) is 16.8. The number of hydrogen-bond donors (Lipinski definition) is 2. The van der Waals surface area contributed by atoms with Crippen LogP contribution in [0.4, 0.5) is 5.69 Å². The van der Waals surface area contributed by atoms with E-state index in [0.29, 0.717) is 36.0 Å². The van der Waals surface area contributed by atoms with Gasteiger partial charge in [-0.25, -0.2) is 4.98 Å². The van der Waals surface area contributed by atoms with Crippen LogP contribution in [0.2, 0.25) is 0 Å². The highest BCUT2D eigenvalue weighted by Crippen LogP contribution is 2.34. The Hall–Kier alpha value is -3.84. The molecule has 1 fully saturated rings. The number of esters is 2. The van der Waals surface area contributed by atoms with Crippen LogP contribution in [0.5, 0.6) is 0 Å². The third-order valence-corrected chi connectivity index (χ3v) is 12.1. The third kappa shape index (κ3) is 13.1. The number of nitrogens with zero attached hydrogens (tertiary/aromatic N) is 3. The molecule has 306 valence electrons. The highest BCUT2D eigenvalue weighted by atomic mass is 32.1. The lowest BCUT2D eigenvalue weighted by molar-refractivity contribution is -0.150. The number of nitrogens with two attached hydrogens (primary N) is 1. The van der Waals surface area contributed by atoms with Crippen molar-refractivity contribution in [3.8, 4) is 0 Å². The molecule has 2 amide bonds. The first-order valence-electron chi connectivity index (χ1n) is 19.9. The van der Waals surface area contributed by atoms with Gasteiger partial charge in [0, 0.05) is 55.4 Å². The fraction of sp³-hybridized carbons (Fsp3) is 0.667. The number of benzene rings is 1. The number of nitrogen functional groups attached to an aromatic ring is 1. The third-order valence-electron chi connectivity index (χ3n) is 11.2. The number of anilines is 1. The molecule has 0 aliphatic carbocycles. The van der Waals surface area contributed by atoms with Gasteiger partial charge in [-0.2, -0.15) is 0 Å². The number of Topliss-reactive ketones (excluding diaryl/α,β-unsaturated/α-hetero) is 1. The summed E-state index contributed by atoms with van der Waals surface area (Å²) in [4.78, 5) is 75.4. The number of amides is 2. The average Bonchev–Trinajstić information content (AvgIpc) is 3.64. The predicted octanol–water partition coefficient (Wildman–Crippen LogP) is 6.48. The molecule has 3 rings (SSSR count). The lowest BCUT2D eigenvalue weighted by Gasteiger charge is -2.39. The first-order valence-corrected chi connectivity index (χ1v) is 20.8. The van der Waals surface area contributed by atoms with Gasteiger partial charge in [-0.05, 0) is 81.6 Å². The van der Waals surface area contributed by atoms with E-state index >= 15 is 0 Å². The number of likely N-dealkylation sites (N-methyl/N-ethyl adjacent to an activating group) is 1. The number of nitrogens with one attached hydrogen (secondary N) is 1. The van der Waals surface area contributed by atoms with Gasteiger partial charge < -0.3 is 25.4 Å². The lowest BCUT2D eigenvalue weighted by Crippen LogP contribution is -2.50. The summed E-state index contributed by atoms with van der Waals surface area (Å²) in [5.74, 6) is -1.75. The number of likely N-dealkylation sites (tertiary alicyclic amines) is 1. The van der Waals surface area contributed by atoms with Crippen molar-refractivity contribution in [2.75, 3.05) is 33.0 Å².